The Morgan fingerprint density at radius 2 is 1.41 bits per heavy atom. The van der Waals surface area contributed by atoms with E-state index in [2.05, 4.69) is 11.3 Å². The zero-order valence-electron chi connectivity index (χ0n) is 11.2. The van der Waals surface area contributed by atoms with Gasteiger partial charge in [-0.25, -0.2) is 0 Å². The van der Waals surface area contributed by atoms with Gasteiger partial charge in [-0.2, -0.15) is 39.5 Å². The number of ether oxygens (including phenoxy) is 1. The van der Waals surface area contributed by atoms with Gasteiger partial charge in [0.25, 0.3) is 0 Å². The van der Waals surface area contributed by atoms with E-state index in [1.165, 1.54) is 6.92 Å². The van der Waals surface area contributed by atoms with E-state index in [1.807, 2.05) is 0 Å². The Morgan fingerprint density at radius 1 is 1.00 bits per heavy atom. The van der Waals surface area contributed by atoms with Gasteiger partial charge < -0.3 is 4.74 Å². The summed E-state index contributed by atoms with van der Waals surface area (Å²) >= 11 is 0. The van der Waals surface area contributed by atoms with Gasteiger partial charge in [-0.15, -0.1) is 0 Å². The predicted molar refractivity (Wildman–Crippen MR) is 55.6 cm³/mol. The largest absolute Gasteiger partial charge is 0.460 e. The topological polar surface area (TPSA) is 26.3 Å². The van der Waals surface area contributed by atoms with Crippen LogP contribution in [0.5, 0.6) is 0 Å². The van der Waals surface area contributed by atoms with Gasteiger partial charge in [0.1, 0.15) is 0 Å². The number of alkyl halides is 9. The molecule has 11 heteroatoms. The maximum Gasteiger partial charge on any atom is 0.460 e. The lowest BCUT2D eigenvalue weighted by Gasteiger charge is -2.33. The van der Waals surface area contributed by atoms with E-state index in [0.717, 1.165) is 6.92 Å². The molecule has 0 spiro atoms. The molecule has 0 aliphatic rings. The molecule has 2 nitrogen and oxygen atoms in total. The molecule has 22 heavy (non-hydrogen) atoms. The molecule has 0 amide bonds. The van der Waals surface area contributed by atoms with Crippen LogP contribution in [-0.2, 0) is 9.53 Å². The summed E-state index contributed by atoms with van der Waals surface area (Å²) in [6.45, 7) is 4.69. The van der Waals surface area contributed by atoms with Crippen molar-refractivity contribution in [1.29, 1.82) is 0 Å². The van der Waals surface area contributed by atoms with E-state index in [1.54, 1.807) is 0 Å². The van der Waals surface area contributed by atoms with Crippen molar-refractivity contribution in [3.05, 3.63) is 12.3 Å². The molecule has 0 aliphatic carbocycles. The van der Waals surface area contributed by atoms with E-state index in [0.29, 0.717) is 0 Å². The minimum absolute atomic E-state index is 0.0206. The molecule has 0 heterocycles. The second-order valence-electron chi connectivity index (χ2n) is 4.37. The Bertz CT molecular complexity index is 439. The van der Waals surface area contributed by atoms with Crippen LogP contribution in [0.1, 0.15) is 20.3 Å². The summed E-state index contributed by atoms with van der Waals surface area (Å²) < 4.78 is 117. The molecule has 0 radical (unpaired) electrons. The molecular weight excluding hydrogens is 335 g/mol. The number of rotatable bonds is 6. The SMILES string of the molecule is C=C(OC(=O)C(C)CC)C(F)(F)C(F)(F)C(F)(F)C(F)(F)F. The number of carbonyl (C=O) groups is 1. The number of hydrogen-bond donors (Lipinski definition) is 0. The van der Waals surface area contributed by atoms with Gasteiger partial charge in [-0.1, -0.05) is 20.4 Å². The molecule has 0 saturated carbocycles. The average molecular weight is 346 g/mol. The standard InChI is InChI=1S/C11H11F9O2/c1-4-5(2)7(21)22-6(3)8(12,13)9(14,15)10(16,17)11(18,19)20/h5H,3-4H2,1-2H3. The molecular formula is C11H11F9O2. The summed E-state index contributed by atoms with van der Waals surface area (Å²) in [5.41, 5.74) is 0. The van der Waals surface area contributed by atoms with Crippen molar-refractivity contribution >= 4 is 5.97 Å². The summed E-state index contributed by atoms with van der Waals surface area (Å²) in [7, 11) is 0. The van der Waals surface area contributed by atoms with Crippen molar-refractivity contribution in [3.8, 4) is 0 Å². The molecule has 0 bridgehead atoms. The van der Waals surface area contributed by atoms with Crippen LogP contribution in [0.25, 0.3) is 0 Å². The Morgan fingerprint density at radius 3 is 1.73 bits per heavy atom. The molecule has 1 atom stereocenters. The van der Waals surface area contributed by atoms with Crippen LogP contribution in [0, 0.1) is 5.92 Å². The highest BCUT2D eigenvalue weighted by Crippen LogP contribution is 2.55. The Hall–Kier alpha value is -1.42. The molecule has 0 N–H and O–H groups in total. The Kier molecular flexibility index (Phi) is 5.61. The van der Waals surface area contributed by atoms with Crippen molar-refractivity contribution in [2.24, 2.45) is 5.92 Å². The van der Waals surface area contributed by atoms with Crippen LogP contribution >= 0.6 is 0 Å². The van der Waals surface area contributed by atoms with Crippen LogP contribution in [0.3, 0.4) is 0 Å². The number of esters is 1. The lowest BCUT2D eigenvalue weighted by molar-refractivity contribution is -0.392. The minimum Gasteiger partial charge on any atom is -0.425 e. The second-order valence-corrected chi connectivity index (χ2v) is 4.37. The number of hydrogen-bond acceptors (Lipinski definition) is 2. The van der Waals surface area contributed by atoms with Crippen LogP contribution in [-0.4, -0.2) is 29.9 Å². The van der Waals surface area contributed by atoms with Gasteiger partial charge in [0.05, 0.1) is 5.92 Å². The van der Waals surface area contributed by atoms with Gasteiger partial charge in [0.15, 0.2) is 5.76 Å². The first-order valence-electron chi connectivity index (χ1n) is 5.65. The highest BCUT2D eigenvalue weighted by atomic mass is 19.4. The van der Waals surface area contributed by atoms with Crippen molar-refractivity contribution < 1.29 is 49.0 Å². The number of halogens is 9. The van der Waals surface area contributed by atoms with Crippen LogP contribution in [0.2, 0.25) is 0 Å². The third-order valence-corrected chi connectivity index (χ3v) is 2.73. The van der Waals surface area contributed by atoms with E-state index >= 15 is 0 Å². The molecule has 130 valence electrons. The molecule has 0 fully saturated rings. The predicted octanol–water partition coefficient (Wildman–Crippen LogP) is 4.56. The van der Waals surface area contributed by atoms with Crippen molar-refractivity contribution in [1.82, 2.24) is 0 Å². The zero-order chi connectivity index (χ0) is 18.1. The van der Waals surface area contributed by atoms with Gasteiger partial charge >= 0.3 is 29.9 Å². The minimum atomic E-state index is -7.06. The normalized spacial score (nSPS) is 15.4. The smallest absolute Gasteiger partial charge is 0.425 e. The zero-order valence-corrected chi connectivity index (χ0v) is 11.2. The third kappa shape index (κ3) is 3.32. The van der Waals surface area contributed by atoms with Crippen molar-refractivity contribution in [3.63, 3.8) is 0 Å². The van der Waals surface area contributed by atoms with Crippen LogP contribution in [0.4, 0.5) is 39.5 Å². The molecule has 0 aromatic carbocycles. The third-order valence-electron chi connectivity index (χ3n) is 2.73. The first kappa shape index (κ1) is 20.6. The highest BCUT2D eigenvalue weighted by Gasteiger charge is 2.83. The molecule has 0 saturated heterocycles. The first-order chi connectivity index (χ1) is 9.54. The van der Waals surface area contributed by atoms with Crippen molar-refractivity contribution in [2.45, 2.75) is 44.2 Å². The van der Waals surface area contributed by atoms with Crippen LogP contribution < -0.4 is 0 Å². The first-order valence-corrected chi connectivity index (χ1v) is 5.65. The van der Waals surface area contributed by atoms with E-state index in [-0.39, 0.29) is 6.42 Å². The summed E-state index contributed by atoms with van der Waals surface area (Å²) in [4.78, 5) is 11.1. The van der Waals surface area contributed by atoms with E-state index in [9.17, 15) is 44.3 Å². The lowest BCUT2D eigenvalue weighted by Crippen LogP contribution is -2.61. The van der Waals surface area contributed by atoms with Crippen molar-refractivity contribution in [2.75, 3.05) is 0 Å². The quantitative estimate of drug-likeness (QED) is 0.400. The fourth-order valence-corrected chi connectivity index (χ4v) is 1.00. The summed E-state index contributed by atoms with van der Waals surface area (Å²) in [5, 5.41) is 0. The maximum atomic E-state index is 13.2. The van der Waals surface area contributed by atoms with Gasteiger partial charge in [-0.3, -0.25) is 4.79 Å². The van der Waals surface area contributed by atoms with Gasteiger partial charge in [0.2, 0.25) is 0 Å². The number of carbonyl (C=O) groups excluding carboxylic acids is 1. The maximum absolute atomic E-state index is 13.2. The fraction of sp³-hybridized carbons (Fsp3) is 0.727. The van der Waals surface area contributed by atoms with E-state index < -0.39 is 41.6 Å². The van der Waals surface area contributed by atoms with Gasteiger partial charge in [0, 0.05) is 0 Å². The van der Waals surface area contributed by atoms with Gasteiger partial charge in [-0.05, 0) is 6.42 Å². The fourth-order valence-electron chi connectivity index (χ4n) is 1.00. The average Bonchev–Trinajstić information content (AvgIpc) is 2.35. The second kappa shape index (κ2) is 5.99. The molecule has 0 aliphatic heterocycles. The molecule has 0 rings (SSSR count). The molecule has 0 aromatic heterocycles. The molecule has 1 unspecified atom stereocenters. The Balaban J connectivity index is 5.54. The Labute approximate surface area is 118 Å². The summed E-state index contributed by atoms with van der Waals surface area (Å²) in [6, 6.07) is 0. The summed E-state index contributed by atoms with van der Waals surface area (Å²) in [6.07, 6.45) is -6.92. The van der Waals surface area contributed by atoms with Crippen LogP contribution in [0.15, 0.2) is 12.3 Å². The van der Waals surface area contributed by atoms with E-state index in [4.69, 9.17) is 0 Å². The lowest BCUT2D eigenvalue weighted by atomic mass is 10.0. The monoisotopic (exact) mass is 346 g/mol. The summed E-state index contributed by atoms with van der Waals surface area (Å²) in [5.74, 6) is -25.2. The molecule has 0 aromatic rings. The number of allylic oxidation sites excluding steroid dienone is 1. The highest BCUT2D eigenvalue weighted by molar-refractivity contribution is 5.73.